The van der Waals surface area contributed by atoms with Gasteiger partial charge in [-0.3, -0.25) is 28.4 Å². The Morgan fingerprint density at radius 1 is 1.07 bits per heavy atom. The number of rotatable bonds is 5. The zero-order valence-electron chi connectivity index (χ0n) is 16.8. The highest BCUT2D eigenvalue weighted by Crippen LogP contribution is 2.09. The van der Waals surface area contributed by atoms with Crippen LogP contribution in [0.3, 0.4) is 0 Å². The van der Waals surface area contributed by atoms with E-state index in [1.807, 2.05) is 4.90 Å². The molecule has 1 aliphatic rings. The lowest BCUT2D eigenvalue weighted by Gasteiger charge is -2.34. The van der Waals surface area contributed by atoms with E-state index in [9.17, 15) is 19.2 Å². The Hall–Kier alpha value is -3.47. The van der Waals surface area contributed by atoms with Gasteiger partial charge < -0.3 is 13.9 Å². The van der Waals surface area contributed by atoms with E-state index in [-0.39, 0.29) is 35.9 Å². The minimum absolute atomic E-state index is 0.0464. The van der Waals surface area contributed by atoms with E-state index in [4.69, 9.17) is 4.42 Å². The molecule has 1 fully saturated rings. The van der Waals surface area contributed by atoms with Crippen LogP contribution in [0.2, 0.25) is 0 Å². The normalized spacial score (nSPS) is 15.1. The third-order valence-electron chi connectivity index (χ3n) is 5.41. The van der Waals surface area contributed by atoms with Crippen LogP contribution >= 0.6 is 0 Å². The third-order valence-corrected chi connectivity index (χ3v) is 5.41. The molecule has 0 radical (unpaired) electrons. The van der Waals surface area contributed by atoms with Crippen molar-refractivity contribution < 1.29 is 14.0 Å². The fourth-order valence-corrected chi connectivity index (χ4v) is 3.64. The summed E-state index contributed by atoms with van der Waals surface area (Å²) in [6, 6.07) is 3.31. The summed E-state index contributed by atoms with van der Waals surface area (Å²) >= 11 is 0. The average Bonchev–Trinajstić information content (AvgIpc) is 3.41. The molecule has 0 saturated carbocycles. The molecule has 11 heteroatoms. The number of carbonyl (C=O) groups excluding carboxylic acids is 2. The van der Waals surface area contributed by atoms with Crippen LogP contribution in [0.4, 0.5) is 0 Å². The maximum absolute atomic E-state index is 12.8. The second kappa shape index (κ2) is 7.75. The summed E-state index contributed by atoms with van der Waals surface area (Å²) in [5, 5.41) is 0. The molecule has 1 saturated heterocycles. The van der Waals surface area contributed by atoms with Crippen LogP contribution in [-0.4, -0.2) is 72.9 Å². The molecule has 1 amide bonds. The van der Waals surface area contributed by atoms with Crippen molar-refractivity contribution in [3.05, 3.63) is 51.3 Å². The molecule has 4 rings (SSSR count). The molecular weight excluding hydrogens is 392 g/mol. The Labute approximate surface area is 170 Å². The SMILES string of the molecule is Cn1c(=O)c2c(ncn2CC(=O)N2CCN(CC(=O)c3ccco3)CC2)n(C)c1=O. The summed E-state index contributed by atoms with van der Waals surface area (Å²) in [4.78, 5) is 57.3. The number of hydrogen-bond acceptors (Lipinski definition) is 7. The first-order valence-electron chi connectivity index (χ1n) is 9.54. The van der Waals surface area contributed by atoms with Gasteiger partial charge in [0.15, 0.2) is 16.9 Å². The summed E-state index contributed by atoms with van der Waals surface area (Å²) in [6.07, 6.45) is 2.87. The summed E-state index contributed by atoms with van der Waals surface area (Å²) < 4.78 is 8.89. The van der Waals surface area contributed by atoms with E-state index in [1.54, 1.807) is 17.0 Å². The summed E-state index contributed by atoms with van der Waals surface area (Å²) in [5.74, 6) is 0.0878. The van der Waals surface area contributed by atoms with Gasteiger partial charge in [-0.15, -0.1) is 0 Å². The number of hydrogen-bond donors (Lipinski definition) is 0. The van der Waals surface area contributed by atoms with Gasteiger partial charge in [-0.2, -0.15) is 0 Å². The van der Waals surface area contributed by atoms with Gasteiger partial charge in [0.1, 0.15) is 6.54 Å². The number of aromatic nitrogens is 4. The zero-order valence-corrected chi connectivity index (χ0v) is 16.8. The number of carbonyl (C=O) groups is 2. The van der Waals surface area contributed by atoms with E-state index < -0.39 is 11.2 Å². The molecule has 4 heterocycles. The standard InChI is InChI=1S/C19H22N6O5/c1-21-17-16(18(28)22(2)19(21)29)25(12-20-17)11-15(27)24-7-5-23(6-8-24)10-13(26)14-4-3-9-30-14/h3-4,9,12H,5-8,10-11H2,1-2H3. The summed E-state index contributed by atoms with van der Waals surface area (Å²) in [6.45, 7) is 2.29. The summed E-state index contributed by atoms with van der Waals surface area (Å²) in [5.41, 5.74) is -0.489. The highest BCUT2D eigenvalue weighted by Gasteiger charge is 2.24. The molecule has 0 atom stereocenters. The fourth-order valence-electron chi connectivity index (χ4n) is 3.64. The third kappa shape index (κ3) is 3.47. The number of ketones is 1. The largest absolute Gasteiger partial charge is 0.461 e. The topological polar surface area (TPSA) is 116 Å². The first-order chi connectivity index (χ1) is 14.4. The predicted octanol–water partition coefficient (Wildman–Crippen LogP) is -0.946. The van der Waals surface area contributed by atoms with Crippen molar-refractivity contribution in [3.8, 4) is 0 Å². The van der Waals surface area contributed by atoms with Crippen molar-refractivity contribution in [2.75, 3.05) is 32.7 Å². The van der Waals surface area contributed by atoms with Gasteiger partial charge in [0.25, 0.3) is 5.56 Å². The minimum atomic E-state index is -0.486. The molecule has 0 N–H and O–H groups in total. The lowest BCUT2D eigenvalue weighted by atomic mass is 10.2. The van der Waals surface area contributed by atoms with Gasteiger partial charge in [-0.05, 0) is 12.1 Å². The number of fused-ring (bicyclic) bond motifs is 1. The fraction of sp³-hybridized carbons (Fsp3) is 0.421. The first kappa shape index (κ1) is 19.8. The number of piperazine rings is 1. The number of nitrogens with zero attached hydrogens (tertiary/aromatic N) is 6. The Morgan fingerprint density at radius 3 is 2.47 bits per heavy atom. The van der Waals surface area contributed by atoms with Crippen molar-refractivity contribution in [2.45, 2.75) is 6.54 Å². The maximum atomic E-state index is 12.8. The van der Waals surface area contributed by atoms with Crippen molar-refractivity contribution in [1.29, 1.82) is 0 Å². The second-order valence-electron chi connectivity index (χ2n) is 7.31. The molecule has 11 nitrogen and oxygen atoms in total. The van der Waals surface area contributed by atoms with E-state index >= 15 is 0 Å². The van der Waals surface area contributed by atoms with Gasteiger partial charge in [-0.1, -0.05) is 0 Å². The van der Waals surface area contributed by atoms with Crippen molar-refractivity contribution in [2.24, 2.45) is 14.1 Å². The first-order valence-corrected chi connectivity index (χ1v) is 9.54. The smallest absolute Gasteiger partial charge is 0.332 e. The Kier molecular flexibility index (Phi) is 5.12. The van der Waals surface area contributed by atoms with E-state index in [0.29, 0.717) is 31.9 Å². The molecule has 30 heavy (non-hydrogen) atoms. The Bertz CT molecular complexity index is 1210. The number of Topliss-reactive ketones (excluding diaryl/α,β-unsaturated/α-hetero) is 1. The van der Waals surface area contributed by atoms with Crippen molar-refractivity contribution >= 4 is 22.9 Å². The highest BCUT2D eigenvalue weighted by molar-refractivity contribution is 5.95. The molecule has 0 bridgehead atoms. The number of amides is 1. The predicted molar refractivity (Wildman–Crippen MR) is 106 cm³/mol. The van der Waals surface area contributed by atoms with Crippen LogP contribution in [0.25, 0.3) is 11.2 Å². The van der Waals surface area contributed by atoms with Crippen LogP contribution in [0.15, 0.2) is 38.7 Å². The number of imidazole rings is 1. The molecule has 0 unspecified atom stereocenters. The lowest BCUT2D eigenvalue weighted by molar-refractivity contribution is -0.133. The van der Waals surface area contributed by atoms with Gasteiger partial charge >= 0.3 is 5.69 Å². The maximum Gasteiger partial charge on any atom is 0.332 e. The van der Waals surface area contributed by atoms with Gasteiger partial charge in [-0.25, -0.2) is 9.78 Å². The average molecular weight is 414 g/mol. The molecule has 158 valence electrons. The second-order valence-corrected chi connectivity index (χ2v) is 7.31. The number of furan rings is 1. The lowest BCUT2D eigenvalue weighted by Crippen LogP contribution is -2.50. The molecule has 3 aromatic heterocycles. The van der Waals surface area contributed by atoms with Crippen LogP contribution < -0.4 is 11.2 Å². The molecule has 0 spiro atoms. The van der Waals surface area contributed by atoms with E-state index in [2.05, 4.69) is 4.98 Å². The van der Waals surface area contributed by atoms with Crippen molar-refractivity contribution in [1.82, 2.24) is 28.5 Å². The van der Waals surface area contributed by atoms with Crippen LogP contribution in [-0.2, 0) is 25.4 Å². The molecule has 1 aliphatic heterocycles. The zero-order chi connectivity index (χ0) is 21.4. The van der Waals surface area contributed by atoms with Crippen LogP contribution in [0, 0.1) is 0 Å². The number of aryl methyl sites for hydroxylation is 1. The monoisotopic (exact) mass is 414 g/mol. The quantitative estimate of drug-likeness (QED) is 0.495. The molecular formula is C19H22N6O5. The van der Waals surface area contributed by atoms with Gasteiger partial charge in [0, 0.05) is 40.3 Å². The Balaban J connectivity index is 1.42. The van der Waals surface area contributed by atoms with E-state index in [1.165, 1.54) is 35.8 Å². The van der Waals surface area contributed by atoms with Crippen molar-refractivity contribution in [3.63, 3.8) is 0 Å². The highest BCUT2D eigenvalue weighted by atomic mass is 16.3. The van der Waals surface area contributed by atoms with Gasteiger partial charge in [0.05, 0.1) is 19.1 Å². The van der Waals surface area contributed by atoms with Crippen LogP contribution in [0.1, 0.15) is 10.6 Å². The van der Waals surface area contributed by atoms with Crippen LogP contribution in [0.5, 0.6) is 0 Å². The Morgan fingerprint density at radius 2 is 1.80 bits per heavy atom. The summed E-state index contributed by atoms with van der Waals surface area (Å²) in [7, 11) is 2.93. The molecule has 0 aliphatic carbocycles. The molecule has 3 aromatic rings. The molecule has 0 aromatic carbocycles. The minimum Gasteiger partial charge on any atom is -0.461 e. The van der Waals surface area contributed by atoms with Gasteiger partial charge in [0.2, 0.25) is 11.7 Å². The van der Waals surface area contributed by atoms with E-state index in [0.717, 1.165) is 4.57 Å².